The molecule has 0 saturated heterocycles. The van der Waals surface area contributed by atoms with Gasteiger partial charge in [0.2, 0.25) is 5.88 Å². The summed E-state index contributed by atoms with van der Waals surface area (Å²) in [6, 6.07) is 7.64. The first kappa shape index (κ1) is 14.5. The Kier molecular flexibility index (Phi) is 4.22. The van der Waals surface area contributed by atoms with E-state index in [-0.39, 0.29) is 11.6 Å². The molecule has 0 spiro atoms. The third-order valence-electron chi connectivity index (χ3n) is 3.41. The fraction of sp³-hybridized carbons (Fsp3) is 0.312. The van der Waals surface area contributed by atoms with Crippen LogP contribution >= 0.6 is 15.9 Å². The number of benzene rings is 1. The average Bonchev–Trinajstić information content (AvgIpc) is 3.28. The van der Waals surface area contributed by atoms with Crippen molar-refractivity contribution < 1.29 is 9.13 Å². The van der Waals surface area contributed by atoms with Crippen molar-refractivity contribution in [2.45, 2.75) is 32.4 Å². The fourth-order valence-corrected chi connectivity index (χ4v) is 2.41. The van der Waals surface area contributed by atoms with Gasteiger partial charge in [-0.1, -0.05) is 12.1 Å². The lowest BCUT2D eigenvalue weighted by Crippen LogP contribution is -2.16. The molecule has 1 aromatic carbocycles. The first-order valence-electron chi connectivity index (χ1n) is 6.94. The van der Waals surface area contributed by atoms with E-state index in [1.54, 1.807) is 31.3 Å². The Hall–Kier alpha value is -1.46. The van der Waals surface area contributed by atoms with Crippen LogP contribution in [0.1, 0.15) is 24.0 Å². The van der Waals surface area contributed by atoms with Gasteiger partial charge < -0.3 is 10.1 Å². The summed E-state index contributed by atoms with van der Waals surface area (Å²) in [7, 11) is 0. The van der Waals surface area contributed by atoms with Gasteiger partial charge in [0.1, 0.15) is 0 Å². The first-order chi connectivity index (χ1) is 10.1. The Morgan fingerprint density at radius 2 is 2.24 bits per heavy atom. The molecule has 1 heterocycles. The van der Waals surface area contributed by atoms with Crippen LogP contribution in [0.2, 0.25) is 0 Å². The monoisotopic (exact) mass is 350 g/mol. The van der Waals surface area contributed by atoms with E-state index in [9.17, 15) is 4.39 Å². The number of aryl methyl sites for hydroxylation is 1. The van der Waals surface area contributed by atoms with Crippen molar-refractivity contribution in [1.82, 2.24) is 10.3 Å². The average molecular weight is 351 g/mol. The predicted octanol–water partition coefficient (Wildman–Crippen LogP) is 4.34. The number of hydrogen-bond acceptors (Lipinski definition) is 3. The zero-order valence-corrected chi connectivity index (χ0v) is 13.3. The second kappa shape index (κ2) is 6.12. The predicted molar refractivity (Wildman–Crippen MR) is 83.0 cm³/mol. The van der Waals surface area contributed by atoms with Gasteiger partial charge in [-0.3, -0.25) is 0 Å². The molecule has 1 aliphatic rings. The summed E-state index contributed by atoms with van der Waals surface area (Å²) in [6.07, 6.45) is 4.08. The molecule has 110 valence electrons. The van der Waals surface area contributed by atoms with Crippen LogP contribution in [0.3, 0.4) is 0 Å². The number of rotatable bonds is 5. The van der Waals surface area contributed by atoms with Gasteiger partial charge in [-0.05, 0) is 53.4 Å². The van der Waals surface area contributed by atoms with Crippen LogP contribution < -0.4 is 10.1 Å². The van der Waals surface area contributed by atoms with Crippen molar-refractivity contribution in [1.29, 1.82) is 0 Å². The molecule has 0 aliphatic heterocycles. The van der Waals surface area contributed by atoms with Gasteiger partial charge in [-0.25, -0.2) is 9.37 Å². The SMILES string of the molecule is Cc1cccc(Oc2ncc(Br)cc2CNC2CC2)c1F. The van der Waals surface area contributed by atoms with Gasteiger partial charge in [0.15, 0.2) is 11.6 Å². The molecule has 1 aliphatic carbocycles. The molecule has 3 rings (SSSR count). The van der Waals surface area contributed by atoms with Crippen LogP contribution in [-0.2, 0) is 6.54 Å². The summed E-state index contributed by atoms with van der Waals surface area (Å²) in [4.78, 5) is 4.27. The molecule has 0 unspecified atom stereocenters. The third kappa shape index (κ3) is 3.60. The zero-order chi connectivity index (χ0) is 14.8. The topological polar surface area (TPSA) is 34.1 Å². The molecule has 2 aromatic rings. The van der Waals surface area contributed by atoms with E-state index >= 15 is 0 Å². The maximum absolute atomic E-state index is 14.0. The minimum Gasteiger partial charge on any atom is -0.436 e. The number of ether oxygens (including phenoxy) is 1. The molecule has 21 heavy (non-hydrogen) atoms. The van der Waals surface area contributed by atoms with Crippen molar-refractivity contribution in [3.8, 4) is 11.6 Å². The van der Waals surface area contributed by atoms with Gasteiger partial charge in [-0.2, -0.15) is 0 Å². The highest BCUT2D eigenvalue weighted by Gasteiger charge is 2.21. The molecule has 0 bridgehead atoms. The van der Waals surface area contributed by atoms with E-state index in [4.69, 9.17) is 4.74 Å². The highest BCUT2D eigenvalue weighted by Crippen LogP contribution is 2.29. The number of hydrogen-bond donors (Lipinski definition) is 1. The molecule has 0 atom stereocenters. The Morgan fingerprint density at radius 3 is 3.00 bits per heavy atom. The van der Waals surface area contributed by atoms with Gasteiger partial charge >= 0.3 is 0 Å². The van der Waals surface area contributed by atoms with E-state index in [1.165, 1.54) is 12.8 Å². The molecular weight excluding hydrogens is 335 g/mol. The van der Waals surface area contributed by atoms with Crippen molar-refractivity contribution in [2.24, 2.45) is 0 Å². The van der Waals surface area contributed by atoms with Gasteiger partial charge in [-0.15, -0.1) is 0 Å². The summed E-state index contributed by atoms with van der Waals surface area (Å²) in [5.41, 5.74) is 1.47. The maximum Gasteiger partial charge on any atom is 0.223 e. The van der Waals surface area contributed by atoms with Gasteiger partial charge in [0.25, 0.3) is 0 Å². The van der Waals surface area contributed by atoms with Crippen LogP contribution in [0, 0.1) is 12.7 Å². The molecule has 1 fully saturated rings. The molecule has 0 radical (unpaired) electrons. The van der Waals surface area contributed by atoms with Crippen LogP contribution in [0.25, 0.3) is 0 Å². The second-order valence-electron chi connectivity index (χ2n) is 5.26. The van der Waals surface area contributed by atoms with Crippen LogP contribution in [0.5, 0.6) is 11.6 Å². The summed E-state index contributed by atoms with van der Waals surface area (Å²) < 4.78 is 20.6. The molecule has 1 aromatic heterocycles. The minimum absolute atomic E-state index is 0.206. The Bertz CT molecular complexity index is 659. The summed E-state index contributed by atoms with van der Waals surface area (Å²) in [5.74, 6) is 0.302. The van der Waals surface area contributed by atoms with E-state index in [0.29, 0.717) is 24.0 Å². The maximum atomic E-state index is 14.0. The van der Waals surface area contributed by atoms with Gasteiger partial charge in [0.05, 0.1) is 0 Å². The fourth-order valence-electron chi connectivity index (χ4n) is 2.03. The number of pyridine rings is 1. The van der Waals surface area contributed by atoms with Crippen LogP contribution in [0.4, 0.5) is 4.39 Å². The third-order valence-corrected chi connectivity index (χ3v) is 3.85. The highest BCUT2D eigenvalue weighted by atomic mass is 79.9. The van der Waals surface area contributed by atoms with Crippen molar-refractivity contribution in [2.75, 3.05) is 0 Å². The quantitative estimate of drug-likeness (QED) is 0.870. The standard InChI is InChI=1S/C16H16BrFN2O/c1-10-3-2-4-14(15(10)18)21-16-11(7-12(17)9-20-16)8-19-13-5-6-13/h2-4,7,9,13,19H,5-6,8H2,1H3. The zero-order valence-electron chi connectivity index (χ0n) is 11.7. The Labute approximate surface area is 131 Å². The van der Waals surface area contributed by atoms with Crippen molar-refractivity contribution in [3.63, 3.8) is 0 Å². The normalized spacial score (nSPS) is 14.2. The second-order valence-corrected chi connectivity index (χ2v) is 6.18. The molecule has 1 saturated carbocycles. The van der Waals surface area contributed by atoms with E-state index in [1.807, 2.05) is 6.07 Å². The van der Waals surface area contributed by atoms with E-state index in [2.05, 4.69) is 26.2 Å². The summed E-state index contributed by atoms with van der Waals surface area (Å²) in [6.45, 7) is 2.38. The van der Waals surface area contributed by atoms with Crippen molar-refractivity contribution in [3.05, 3.63) is 51.9 Å². The molecule has 5 heteroatoms. The number of aromatic nitrogens is 1. The van der Waals surface area contributed by atoms with E-state index < -0.39 is 0 Å². The lowest BCUT2D eigenvalue weighted by molar-refractivity contribution is 0.418. The lowest BCUT2D eigenvalue weighted by atomic mass is 10.2. The Morgan fingerprint density at radius 1 is 1.43 bits per heavy atom. The van der Waals surface area contributed by atoms with Crippen molar-refractivity contribution >= 4 is 15.9 Å². The Balaban J connectivity index is 1.84. The molecular formula is C16H16BrFN2O. The number of nitrogens with zero attached hydrogens (tertiary/aromatic N) is 1. The summed E-state index contributed by atoms with van der Waals surface area (Å²) in [5, 5.41) is 3.42. The highest BCUT2D eigenvalue weighted by molar-refractivity contribution is 9.10. The number of halogens is 2. The van der Waals surface area contributed by atoms with Crippen LogP contribution in [-0.4, -0.2) is 11.0 Å². The summed E-state index contributed by atoms with van der Waals surface area (Å²) >= 11 is 3.41. The largest absolute Gasteiger partial charge is 0.436 e. The number of nitrogens with one attached hydrogen (secondary N) is 1. The molecule has 0 amide bonds. The first-order valence-corrected chi connectivity index (χ1v) is 7.73. The van der Waals surface area contributed by atoms with E-state index in [0.717, 1.165) is 10.0 Å². The minimum atomic E-state index is -0.344. The lowest BCUT2D eigenvalue weighted by Gasteiger charge is -2.12. The van der Waals surface area contributed by atoms with Gasteiger partial charge in [0, 0.05) is 28.8 Å². The molecule has 1 N–H and O–H groups in total. The van der Waals surface area contributed by atoms with Crippen LogP contribution in [0.15, 0.2) is 34.9 Å². The molecule has 3 nitrogen and oxygen atoms in total. The smallest absolute Gasteiger partial charge is 0.223 e.